The van der Waals surface area contributed by atoms with Crippen LogP contribution in [0.2, 0.25) is 0 Å². The third-order valence-electron chi connectivity index (χ3n) is 3.00. The van der Waals surface area contributed by atoms with E-state index in [1.165, 1.54) is 12.1 Å². The predicted molar refractivity (Wildman–Crippen MR) is 96.7 cm³/mol. The highest BCUT2D eigenvalue weighted by Gasteiger charge is 2.22. The van der Waals surface area contributed by atoms with Crippen LogP contribution in [0.1, 0.15) is 32.8 Å². The molecule has 140 valence electrons. The van der Waals surface area contributed by atoms with Gasteiger partial charge in [-0.15, -0.1) is 0 Å². The van der Waals surface area contributed by atoms with Gasteiger partial charge in [0.15, 0.2) is 0 Å². The lowest BCUT2D eigenvalue weighted by Crippen LogP contribution is -2.43. The number of carbonyl (C=O) groups excluding carboxylic acids is 1. The summed E-state index contributed by atoms with van der Waals surface area (Å²) in [5, 5.41) is 22.0. The summed E-state index contributed by atoms with van der Waals surface area (Å²) in [7, 11) is 0. The van der Waals surface area contributed by atoms with Gasteiger partial charge in [0, 0.05) is 12.1 Å². The molecule has 1 rings (SSSR count). The molecule has 0 unspecified atom stereocenters. The molecule has 1 aromatic carbocycles. The third-order valence-corrected chi connectivity index (χ3v) is 3.00. The number of alkyl carbamates (subject to hydrolysis) is 1. The zero-order valence-corrected chi connectivity index (χ0v) is 14.8. The second kappa shape index (κ2) is 9.36. The molecule has 2 N–H and O–H groups in total. The molecule has 0 fully saturated rings. The van der Waals surface area contributed by atoms with Crippen LogP contribution >= 0.6 is 0 Å². The van der Waals surface area contributed by atoms with E-state index in [0.29, 0.717) is 0 Å². The first-order valence-corrected chi connectivity index (χ1v) is 7.88. The molecule has 0 bridgehead atoms. The first-order chi connectivity index (χ1) is 12.1. The molecule has 8 nitrogen and oxygen atoms in total. The monoisotopic (exact) mass is 362 g/mol. The van der Waals surface area contributed by atoms with Crippen LogP contribution in [0.15, 0.2) is 42.5 Å². The summed E-state index contributed by atoms with van der Waals surface area (Å²) in [5.74, 6) is -1.17. The smallest absolute Gasteiger partial charge is 0.408 e. The highest BCUT2D eigenvalue weighted by atomic mass is 16.6. The number of ether oxygens (including phenoxy) is 1. The number of nitrogens with one attached hydrogen (secondary N) is 1. The van der Waals surface area contributed by atoms with E-state index in [0.717, 1.165) is 5.56 Å². The van der Waals surface area contributed by atoms with E-state index in [4.69, 9.17) is 9.84 Å². The van der Waals surface area contributed by atoms with Crippen LogP contribution in [-0.2, 0) is 9.53 Å². The molecule has 8 heteroatoms. The highest BCUT2D eigenvalue weighted by molar-refractivity contribution is 5.80. The molecular formula is C18H22N2O6. The molecule has 0 saturated carbocycles. The molecule has 0 aliphatic heterocycles. The maximum absolute atomic E-state index is 11.6. The summed E-state index contributed by atoms with van der Waals surface area (Å²) in [6, 6.07) is 4.90. The molecule has 0 aliphatic carbocycles. The van der Waals surface area contributed by atoms with E-state index < -0.39 is 28.6 Å². The van der Waals surface area contributed by atoms with E-state index >= 15 is 0 Å². The normalized spacial score (nSPS) is 12.9. The van der Waals surface area contributed by atoms with Crippen LogP contribution < -0.4 is 5.32 Å². The molecule has 1 amide bonds. The van der Waals surface area contributed by atoms with E-state index in [1.807, 2.05) is 0 Å². The second-order valence-corrected chi connectivity index (χ2v) is 6.41. The SMILES string of the molecule is CC(C)(C)OC(=O)N[C@@H](CC=CC=Cc1ccc([N+](=O)[O-])cc1)C(=O)O. The van der Waals surface area contributed by atoms with Gasteiger partial charge in [-0.2, -0.15) is 0 Å². The van der Waals surface area contributed by atoms with Gasteiger partial charge in [-0.05, 0) is 44.9 Å². The van der Waals surface area contributed by atoms with Crippen LogP contribution in [0.25, 0.3) is 6.08 Å². The number of nitrogens with zero attached hydrogens (tertiary/aromatic N) is 1. The van der Waals surface area contributed by atoms with Gasteiger partial charge in [0.1, 0.15) is 11.6 Å². The van der Waals surface area contributed by atoms with Crippen molar-refractivity contribution in [3.8, 4) is 0 Å². The Balaban J connectivity index is 2.56. The number of nitro benzene ring substituents is 1. The molecule has 0 saturated heterocycles. The van der Waals surface area contributed by atoms with Crippen molar-refractivity contribution >= 4 is 23.8 Å². The zero-order valence-electron chi connectivity index (χ0n) is 14.8. The standard InChI is InChI=1S/C18H22N2O6/c1-18(2,3)26-17(23)19-15(16(21)22)8-6-4-5-7-13-9-11-14(12-10-13)20(24)25/h4-7,9-12,15H,8H2,1-3H3,(H,19,23)(H,21,22)/t15-/m0/s1. The third kappa shape index (κ3) is 8.09. The maximum atomic E-state index is 11.6. The predicted octanol–water partition coefficient (Wildman–Crippen LogP) is 3.53. The average Bonchev–Trinajstić information content (AvgIpc) is 2.52. The van der Waals surface area contributed by atoms with Gasteiger partial charge in [-0.3, -0.25) is 10.1 Å². The van der Waals surface area contributed by atoms with Crippen LogP contribution in [0.4, 0.5) is 10.5 Å². The summed E-state index contributed by atoms with van der Waals surface area (Å²) >= 11 is 0. The van der Waals surface area contributed by atoms with Crippen molar-refractivity contribution in [3.05, 3.63) is 58.2 Å². The van der Waals surface area contributed by atoms with Gasteiger partial charge >= 0.3 is 12.1 Å². The van der Waals surface area contributed by atoms with Gasteiger partial charge in [-0.1, -0.05) is 24.3 Å². The van der Waals surface area contributed by atoms with Gasteiger partial charge in [0.25, 0.3) is 5.69 Å². The van der Waals surface area contributed by atoms with Crippen LogP contribution in [0, 0.1) is 10.1 Å². The number of nitro groups is 1. The van der Waals surface area contributed by atoms with Crippen molar-refractivity contribution < 1.29 is 24.4 Å². The van der Waals surface area contributed by atoms with Crippen molar-refractivity contribution in [1.29, 1.82) is 0 Å². The first-order valence-electron chi connectivity index (χ1n) is 7.88. The molecule has 1 atom stereocenters. The van der Waals surface area contributed by atoms with Crippen molar-refractivity contribution in [1.82, 2.24) is 5.32 Å². The minimum Gasteiger partial charge on any atom is -0.480 e. The fourth-order valence-corrected chi connectivity index (χ4v) is 1.84. The number of hydrogen-bond donors (Lipinski definition) is 2. The molecule has 0 heterocycles. The number of allylic oxidation sites excluding steroid dienone is 2. The number of hydrogen-bond acceptors (Lipinski definition) is 5. The number of rotatable bonds is 7. The number of carboxylic acids is 1. The Kier molecular flexibility index (Phi) is 7.52. The summed E-state index contributed by atoms with van der Waals surface area (Å²) in [6.45, 7) is 5.06. The lowest BCUT2D eigenvalue weighted by Gasteiger charge is -2.21. The summed E-state index contributed by atoms with van der Waals surface area (Å²) < 4.78 is 5.03. The van der Waals surface area contributed by atoms with Crippen LogP contribution in [0.5, 0.6) is 0 Å². The van der Waals surface area contributed by atoms with Crippen molar-refractivity contribution in [2.75, 3.05) is 0 Å². The van der Waals surface area contributed by atoms with Gasteiger partial charge in [0.05, 0.1) is 4.92 Å². The summed E-state index contributed by atoms with van der Waals surface area (Å²) in [6.07, 6.45) is 5.91. The van der Waals surface area contributed by atoms with Crippen LogP contribution in [0.3, 0.4) is 0 Å². The molecular weight excluding hydrogens is 340 g/mol. The van der Waals surface area contributed by atoms with Crippen molar-refractivity contribution in [2.45, 2.75) is 38.8 Å². The van der Waals surface area contributed by atoms with E-state index in [2.05, 4.69) is 5.32 Å². The average molecular weight is 362 g/mol. The lowest BCUT2D eigenvalue weighted by molar-refractivity contribution is -0.384. The number of non-ortho nitro benzene ring substituents is 1. The topological polar surface area (TPSA) is 119 Å². The Hall–Kier alpha value is -3.16. The molecule has 1 aromatic rings. The fourth-order valence-electron chi connectivity index (χ4n) is 1.84. The number of carbonyl (C=O) groups is 2. The Labute approximate surface area is 151 Å². The molecule has 0 spiro atoms. The number of carboxylic acid groups (broad SMARTS) is 1. The molecule has 0 aliphatic rings. The summed E-state index contributed by atoms with van der Waals surface area (Å²) in [4.78, 5) is 32.9. The van der Waals surface area contributed by atoms with E-state index in [1.54, 1.807) is 57.2 Å². The summed E-state index contributed by atoms with van der Waals surface area (Å²) in [5.41, 5.74) is 0.0633. The van der Waals surface area contributed by atoms with Crippen molar-refractivity contribution in [2.24, 2.45) is 0 Å². The minimum atomic E-state index is -1.17. The minimum absolute atomic E-state index is 0.00945. The maximum Gasteiger partial charge on any atom is 0.408 e. The molecule has 0 aromatic heterocycles. The molecule has 0 radical (unpaired) electrons. The Morgan fingerprint density at radius 3 is 2.38 bits per heavy atom. The van der Waals surface area contributed by atoms with Crippen LogP contribution in [-0.4, -0.2) is 33.7 Å². The Morgan fingerprint density at radius 1 is 1.27 bits per heavy atom. The quantitative estimate of drug-likeness (QED) is 0.435. The van der Waals surface area contributed by atoms with E-state index in [-0.39, 0.29) is 12.1 Å². The second-order valence-electron chi connectivity index (χ2n) is 6.41. The highest BCUT2D eigenvalue weighted by Crippen LogP contribution is 2.13. The zero-order chi connectivity index (χ0) is 19.7. The lowest BCUT2D eigenvalue weighted by atomic mass is 10.1. The number of aliphatic carboxylic acids is 1. The van der Waals surface area contributed by atoms with E-state index in [9.17, 15) is 19.7 Å². The largest absolute Gasteiger partial charge is 0.480 e. The van der Waals surface area contributed by atoms with Gasteiger partial charge in [-0.25, -0.2) is 9.59 Å². The van der Waals surface area contributed by atoms with Gasteiger partial charge in [0.2, 0.25) is 0 Å². The Bertz CT molecular complexity index is 701. The first kappa shape index (κ1) is 20.9. The number of benzene rings is 1. The van der Waals surface area contributed by atoms with Crippen molar-refractivity contribution in [3.63, 3.8) is 0 Å². The van der Waals surface area contributed by atoms with Gasteiger partial charge < -0.3 is 15.2 Å². The fraction of sp³-hybridized carbons (Fsp3) is 0.333. The molecule has 26 heavy (non-hydrogen) atoms. The number of amides is 1. The Morgan fingerprint density at radius 2 is 1.88 bits per heavy atom.